The smallest absolute Gasteiger partial charge is 0.252 e. The molecule has 136 valence electrons. The minimum atomic E-state index is -0.432. The van der Waals surface area contributed by atoms with Gasteiger partial charge in [-0.3, -0.25) is 9.20 Å². The molecule has 1 atom stereocenters. The van der Waals surface area contributed by atoms with Crippen molar-refractivity contribution in [3.63, 3.8) is 0 Å². The maximum atomic E-state index is 13.3. The summed E-state index contributed by atoms with van der Waals surface area (Å²) in [6, 6.07) is 8.89. The molecule has 0 spiro atoms. The summed E-state index contributed by atoms with van der Waals surface area (Å²) >= 11 is 0. The molecule has 0 saturated carbocycles. The predicted molar refractivity (Wildman–Crippen MR) is 93.3 cm³/mol. The lowest BCUT2D eigenvalue weighted by molar-refractivity contribution is 0.0938. The lowest BCUT2D eigenvalue weighted by Crippen LogP contribution is -2.27. The van der Waals surface area contributed by atoms with Crippen molar-refractivity contribution in [2.45, 2.75) is 19.9 Å². The van der Waals surface area contributed by atoms with Gasteiger partial charge in [-0.15, -0.1) is 10.2 Å². The van der Waals surface area contributed by atoms with Crippen molar-refractivity contribution in [3.05, 3.63) is 65.8 Å². The first kappa shape index (κ1) is 16.8. The van der Waals surface area contributed by atoms with Gasteiger partial charge in [0.05, 0.1) is 11.7 Å². The highest BCUT2D eigenvalue weighted by molar-refractivity contribution is 5.96. The number of halogens is 1. The number of amides is 1. The highest BCUT2D eigenvalue weighted by Crippen LogP contribution is 2.23. The molecule has 8 nitrogen and oxygen atoms in total. The van der Waals surface area contributed by atoms with Crippen molar-refractivity contribution >= 4 is 11.6 Å². The van der Waals surface area contributed by atoms with Crippen LogP contribution >= 0.6 is 0 Å². The van der Waals surface area contributed by atoms with Gasteiger partial charge in [-0.05, 0) is 48.9 Å². The van der Waals surface area contributed by atoms with Crippen molar-refractivity contribution in [2.24, 2.45) is 0 Å². The molecule has 0 aliphatic carbocycles. The highest BCUT2D eigenvalue weighted by Gasteiger charge is 2.18. The van der Waals surface area contributed by atoms with Gasteiger partial charge in [0.15, 0.2) is 11.5 Å². The largest absolute Gasteiger partial charge is 0.342 e. The zero-order chi connectivity index (χ0) is 19.0. The van der Waals surface area contributed by atoms with Crippen LogP contribution in [0.25, 0.3) is 16.9 Å². The number of benzene rings is 1. The molecular weight excluding hydrogens is 351 g/mol. The van der Waals surface area contributed by atoms with Crippen molar-refractivity contribution in [2.75, 3.05) is 0 Å². The Morgan fingerprint density at radius 2 is 2.04 bits per heavy atom. The van der Waals surface area contributed by atoms with Crippen LogP contribution < -0.4 is 5.32 Å². The summed E-state index contributed by atoms with van der Waals surface area (Å²) in [7, 11) is 0. The van der Waals surface area contributed by atoms with Crippen molar-refractivity contribution in [3.8, 4) is 11.3 Å². The second-order valence-electron chi connectivity index (χ2n) is 6.06. The number of pyridine rings is 1. The number of carbonyl (C=O) groups excluding carboxylic acids is 1. The fraction of sp³-hybridized carbons (Fsp3) is 0.167. The Morgan fingerprint density at radius 1 is 1.26 bits per heavy atom. The highest BCUT2D eigenvalue weighted by atomic mass is 19.1. The van der Waals surface area contributed by atoms with Gasteiger partial charge < -0.3 is 9.84 Å². The van der Waals surface area contributed by atoms with E-state index in [-0.39, 0.29) is 11.7 Å². The topological polar surface area (TPSA) is 98.2 Å². The van der Waals surface area contributed by atoms with Gasteiger partial charge in [0.1, 0.15) is 12.1 Å². The maximum absolute atomic E-state index is 13.3. The molecule has 1 aromatic carbocycles. The number of nitrogens with one attached hydrogen (secondary N) is 1. The molecule has 1 N–H and O–H groups in total. The van der Waals surface area contributed by atoms with Gasteiger partial charge in [0, 0.05) is 12.5 Å². The van der Waals surface area contributed by atoms with Crippen molar-refractivity contribution < 1.29 is 13.7 Å². The predicted octanol–water partition coefficient (Wildman–Crippen LogP) is 2.72. The summed E-state index contributed by atoms with van der Waals surface area (Å²) in [5.74, 6) is 0.161. The van der Waals surface area contributed by atoms with E-state index in [0.29, 0.717) is 28.6 Å². The Balaban J connectivity index is 1.69. The summed E-state index contributed by atoms with van der Waals surface area (Å²) in [6.07, 6.45) is 1.54. The van der Waals surface area contributed by atoms with Crippen molar-refractivity contribution in [1.82, 2.24) is 30.1 Å². The fourth-order valence-electron chi connectivity index (χ4n) is 2.74. The second-order valence-corrected chi connectivity index (χ2v) is 6.06. The zero-order valence-corrected chi connectivity index (χ0v) is 14.5. The summed E-state index contributed by atoms with van der Waals surface area (Å²) in [5, 5.41) is 14.6. The van der Waals surface area contributed by atoms with Crippen LogP contribution in [0.3, 0.4) is 0 Å². The Labute approximate surface area is 153 Å². The molecule has 0 unspecified atom stereocenters. The first-order valence-electron chi connectivity index (χ1n) is 8.22. The molecule has 4 aromatic rings. The van der Waals surface area contributed by atoms with Crippen LogP contribution in [-0.4, -0.2) is 30.6 Å². The molecular formula is C18H15FN6O2. The third-order valence-corrected chi connectivity index (χ3v) is 4.09. The lowest BCUT2D eigenvalue weighted by atomic mass is 10.1. The molecule has 3 heterocycles. The first-order chi connectivity index (χ1) is 13.0. The maximum Gasteiger partial charge on any atom is 0.252 e. The minimum absolute atomic E-state index is 0.321. The van der Waals surface area contributed by atoms with Crippen LogP contribution in [-0.2, 0) is 0 Å². The Bertz CT molecular complexity index is 1120. The molecule has 0 aliphatic rings. The summed E-state index contributed by atoms with van der Waals surface area (Å²) in [5.41, 5.74) is 2.30. The number of aryl methyl sites for hydroxylation is 1. The van der Waals surface area contributed by atoms with Gasteiger partial charge in [-0.1, -0.05) is 5.16 Å². The van der Waals surface area contributed by atoms with E-state index >= 15 is 0 Å². The summed E-state index contributed by atoms with van der Waals surface area (Å²) in [4.78, 5) is 16.8. The molecule has 4 rings (SSSR count). The molecule has 0 radical (unpaired) electrons. The van der Waals surface area contributed by atoms with Gasteiger partial charge in [-0.25, -0.2) is 4.39 Å². The third kappa shape index (κ3) is 3.26. The van der Waals surface area contributed by atoms with Crippen LogP contribution in [0.4, 0.5) is 4.39 Å². The van der Waals surface area contributed by atoms with E-state index in [4.69, 9.17) is 4.52 Å². The number of hydrogen-bond acceptors (Lipinski definition) is 6. The normalized spacial score (nSPS) is 12.3. The lowest BCUT2D eigenvalue weighted by Gasteiger charge is -2.12. The monoisotopic (exact) mass is 366 g/mol. The number of nitrogens with zero attached hydrogens (tertiary/aromatic N) is 5. The zero-order valence-electron chi connectivity index (χ0n) is 14.5. The molecule has 0 bridgehead atoms. The van der Waals surface area contributed by atoms with Gasteiger partial charge >= 0.3 is 0 Å². The molecule has 0 saturated heterocycles. The molecule has 0 fully saturated rings. The molecule has 9 heteroatoms. The third-order valence-electron chi connectivity index (χ3n) is 4.09. The van der Waals surface area contributed by atoms with E-state index in [0.717, 1.165) is 5.56 Å². The average Bonchev–Trinajstić information content (AvgIpc) is 3.30. The number of carbonyl (C=O) groups is 1. The van der Waals surface area contributed by atoms with E-state index in [1.54, 1.807) is 48.8 Å². The van der Waals surface area contributed by atoms with E-state index in [1.807, 2.05) is 0 Å². The summed E-state index contributed by atoms with van der Waals surface area (Å²) in [6.45, 7) is 3.44. The number of aromatic nitrogens is 5. The first-order valence-corrected chi connectivity index (χ1v) is 8.22. The Morgan fingerprint density at radius 3 is 2.74 bits per heavy atom. The van der Waals surface area contributed by atoms with Crippen LogP contribution in [0.1, 0.15) is 35.0 Å². The Hall–Kier alpha value is -3.62. The van der Waals surface area contributed by atoms with Crippen LogP contribution in [0, 0.1) is 12.7 Å². The van der Waals surface area contributed by atoms with Gasteiger partial charge in [0.2, 0.25) is 5.89 Å². The molecule has 0 aliphatic heterocycles. The standard InChI is InChI=1S/C18H15FN6O2/c1-10(17-22-11(2)27-24-17)21-18(26)13-7-15(12-3-5-14(19)6-4-12)25-9-20-23-16(25)8-13/h3-10H,1-2H3,(H,21,26)/t10-/m1/s1. The van der Waals surface area contributed by atoms with Gasteiger partial charge in [0.25, 0.3) is 5.91 Å². The van der Waals surface area contributed by atoms with E-state index in [1.165, 1.54) is 12.1 Å². The molecule has 3 aromatic heterocycles. The minimum Gasteiger partial charge on any atom is -0.342 e. The second kappa shape index (κ2) is 6.60. The molecule has 27 heavy (non-hydrogen) atoms. The van der Waals surface area contributed by atoms with Crippen molar-refractivity contribution in [1.29, 1.82) is 0 Å². The quantitative estimate of drug-likeness (QED) is 0.596. The van der Waals surface area contributed by atoms with E-state index in [9.17, 15) is 9.18 Å². The summed E-state index contributed by atoms with van der Waals surface area (Å²) < 4.78 is 19.9. The van der Waals surface area contributed by atoms with E-state index in [2.05, 4.69) is 25.7 Å². The van der Waals surface area contributed by atoms with E-state index < -0.39 is 6.04 Å². The SMILES string of the molecule is Cc1nc([C@@H](C)NC(=O)c2cc(-c3ccc(F)cc3)n3cnnc3c2)no1. The van der Waals surface area contributed by atoms with Crippen LogP contribution in [0.2, 0.25) is 0 Å². The van der Waals surface area contributed by atoms with Gasteiger partial charge in [-0.2, -0.15) is 4.98 Å². The number of hydrogen-bond donors (Lipinski definition) is 1. The fourth-order valence-corrected chi connectivity index (χ4v) is 2.74. The number of fused-ring (bicyclic) bond motifs is 1. The average molecular weight is 366 g/mol. The Kier molecular flexibility index (Phi) is 4.11. The molecule has 1 amide bonds. The number of rotatable bonds is 4. The van der Waals surface area contributed by atoms with Crippen LogP contribution in [0.5, 0.6) is 0 Å². The van der Waals surface area contributed by atoms with Crippen LogP contribution in [0.15, 0.2) is 47.2 Å².